The summed E-state index contributed by atoms with van der Waals surface area (Å²) < 4.78 is 0. The zero-order valence-electron chi connectivity index (χ0n) is 7.22. The van der Waals surface area contributed by atoms with Crippen LogP contribution in [0.25, 0.3) is 0 Å². The average Bonchev–Trinajstić information content (AvgIpc) is 1.99. The van der Waals surface area contributed by atoms with Crippen molar-refractivity contribution in [2.45, 2.75) is 20.8 Å². The normalized spacial score (nSPS) is 12.3. The van der Waals surface area contributed by atoms with Gasteiger partial charge in [0.1, 0.15) is 0 Å². The SMILES string of the molecule is CC(C)C(=O)NC[C@H](C)C#N. The summed E-state index contributed by atoms with van der Waals surface area (Å²) in [6, 6.07) is 2.04. The van der Waals surface area contributed by atoms with Gasteiger partial charge >= 0.3 is 0 Å². The van der Waals surface area contributed by atoms with Crippen LogP contribution in [0.5, 0.6) is 0 Å². The molecule has 0 aliphatic carbocycles. The first-order chi connectivity index (χ1) is 5.07. The molecule has 0 radical (unpaired) electrons. The van der Waals surface area contributed by atoms with Crippen molar-refractivity contribution in [1.82, 2.24) is 5.32 Å². The number of hydrogen-bond acceptors (Lipinski definition) is 2. The Morgan fingerprint density at radius 3 is 2.45 bits per heavy atom. The van der Waals surface area contributed by atoms with Crippen molar-refractivity contribution in [2.75, 3.05) is 6.54 Å². The minimum atomic E-state index is -0.0994. The minimum absolute atomic E-state index is 0.000827. The van der Waals surface area contributed by atoms with Crippen LogP contribution in [0, 0.1) is 23.2 Å². The van der Waals surface area contributed by atoms with Crippen LogP contribution in [0.1, 0.15) is 20.8 Å². The van der Waals surface area contributed by atoms with E-state index in [9.17, 15) is 4.79 Å². The monoisotopic (exact) mass is 154 g/mol. The third-order valence-corrected chi connectivity index (χ3v) is 1.33. The lowest BCUT2D eigenvalue weighted by Gasteiger charge is -2.07. The smallest absolute Gasteiger partial charge is 0.222 e. The Morgan fingerprint density at radius 2 is 2.09 bits per heavy atom. The highest BCUT2D eigenvalue weighted by molar-refractivity contribution is 5.77. The minimum Gasteiger partial charge on any atom is -0.355 e. The number of rotatable bonds is 3. The molecule has 0 aliphatic heterocycles. The van der Waals surface area contributed by atoms with Gasteiger partial charge < -0.3 is 5.32 Å². The van der Waals surface area contributed by atoms with Crippen molar-refractivity contribution in [3.63, 3.8) is 0 Å². The molecule has 11 heavy (non-hydrogen) atoms. The highest BCUT2D eigenvalue weighted by Crippen LogP contribution is 1.93. The van der Waals surface area contributed by atoms with Gasteiger partial charge in [-0.2, -0.15) is 5.26 Å². The maximum atomic E-state index is 10.9. The van der Waals surface area contributed by atoms with E-state index >= 15 is 0 Å². The summed E-state index contributed by atoms with van der Waals surface area (Å²) in [4.78, 5) is 10.9. The second kappa shape index (κ2) is 4.73. The highest BCUT2D eigenvalue weighted by atomic mass is 16.1. The molecule has 3 heteroatoms. The number of nitrogens with one attached hydrogen (secondary N) is 1. The number of nitriles is 1. The van der Waals surface area contributed by atoms with E-state index in [2.05, 4.69) is 5.32 Å². The molecule has 3 nitrogen and oxygen atoms in total. The average molecular weight is 154 g/mol. The molecule has 1 atom stereocenters. The summed E-state index contributed by atoms with van der Waals surface area (Å²) in [5.41, 5.74) is 0. The van der Waals surface area contributed by atoms with Crippen molar-refractivity contribution in [1.29, 1.82) is 5.26 Å². The lowest BCUT2D eigenvalue weighted by atomic mass is 10.2. The fourth-order valence-corrected chi connectivity index (χ4v) is 0.503. The van der Waals surface area contributed by atoms with Crippen molar-refractivity contribution >= 4 is 5.91 Å². The molecule has 0 aromatic carbocycles. The molecule has 0 unspecified atom stereocenters. The Labute approximate surface area is 67.4 Å². The van der Waals surface area contributed by atoms with E-state index in [-0.39, 0.29) is 17.7 Å². The first kappa shape index (κ1) is 9.96. The summed E-state index contributed by atoms with van der Waals surface area (Å²) >= 11 is 0. The summed E-state index contributed by atoms with van der Waals surface area (Å²) in [5.74, 6) is -0.0920. The standard InChI is InChI=1S/C8H14N2O/c1-6(2)8(11)10-5-7(3)4-9/h6-7H,5H2,1-3H3,(H,10,11)/t7-/m1/s1. The van der Waals surface area contributed by atoms with Crippen molar-refractivity contribution in [2.24, 2.45) is 11.8 Å². The van der Waals surface area contributed by atoms with Crippen LogP contribution in [-0.2, 0) is 4.79 Å². The van der Waals surface area contributed by atoms with E-state index in [1.807, 2.05) is 19.9 Å². The lowest BCUT2D eigenvalue weighted by molar-refractivity contribution is -0.124. The molecular formula is C8H14N2O. The van der Waals surface area contributed by atoms with Crippen LogP contribution in [0.2, 0.25) is 0 Å². The molecular weight excluding hydrogens is 140 g/mol. The van der Waals surface area contributed by atoms with Crippen molar-refractivity contribution < 1.29 is 4.79 Å². The third kappa shape index (κ3) is 4.38. The molecule has 0 aromatic heterocycles. The van der Waals surface area contributed by atoms with Gasteiger partial charge in [0.05, 0.1) is 12.0 Å². The van der Waals surface area contributed by atoms with Gasteiger partial charge in [-0.05, 0) is 6.92 Å². The van der Waals surface area contributed by atoms with Gasteiger partial charge in [-0.3, -0.25) is 4.79 Å². The molecule has 0 spiro atoms. The Balaban J connectivity index is 3.56. The molecule has 0 saturated heterocycles. The summed E-state index contributed by atoms with van der Waals surface area (Å²) in [5, 5.41) is 11.1. The van der Waals surface area contributed by atoms with Crippen molar-refractivity contribution in [3.8, 4) is 6.07 Å². The Bertz CT molecular complexity index is 169. The van der Waals surface area contributed by atoms with Crippen LogP contribution >= 0.6 is 0 Å². The molecule has 0 heterocycles. The highest BCUT2D eigenvalue weighted by Gasteiger charge is 2.07. The maximum Gasteiger partial charge on any atom is 0.222 e. The van der Waals surface area contributed by atoms with E-state index in [0.717, 1.165) is 0 Å². The number of amides is 1. The molecule has 0 fully saturated rings. The zero-order valence-corrected chi connectivity index (χ0v) is 7.22. The predicted molar refractivity (Wildman–Crippen MR) is 42.6 cm³/mol. The second-order valence-corrected chi connectivity index (χ2v) is 2.93. The van der Waals surface area contributed by atoms with Crippen LogP contribution in [0.4, 0.5) is 0 Å². The molecule has 0 saturated carbocycles. The molecule has 0 aliphatic rings. The van der Waals surface area contributed by atoms with Gasteiger partial charge in [0.25, 0.3) is 0 Å². The molecule has 62 valence electrons. The fraction of sp³-hybridized carbons (Fsp3) is 0.750. The first-order valence-electron chi connectivity index (χ1n) is 3.75. The zero-order chi connectivity index (χ0) is 8.85. The van der Waals surface area contributed by atoms with Gasteiger partial charge in [-0.25, -0.2) is 0 Å². The largest absolute Gasteiger partial charge is 0.355 e. The van der Waals surface area contributed by atoms with Crippen molar-refractivity contribution in [3.05, 3.63) is 0 Å². The van der Waals surface area contributed by atoms with Gasteiger partial charge in [-0.1, -0.05) is 13.8 Å². The Kier molecular flexibility index (Phi) is 4.28. The number of carbonyl (C=O) groups is 1. The number of carbonyl (C=O) groups excluding carboxylic acids is 1. The van der Waals surface area contributed by atoms with Crippen LogP contribution in [0.3, 0.4) is 0 Å². The van der Waals surface area contributed by atoms with Crippen LogP contribution in [0.15, 0.2) is 0 Å². The van der Waals surface area contributed by atoms with Gasteiger partial charge in [0, 0.05) is 12.5 Å². The summed E-state index contributed by atoms with van der Waals surface area (Å²) in [6.45, 7) is 5.88. The molecule has 1 amide bonds. The van der Waals surface area contributed by atoms with E-state index < -0.39 is 0 Å². The first-order valence-corrected chi connectivity index (χ1v) is 3.75. The van der Waals surface area contributed by atoms with Gasteiger partial charge in [0.15, 0.2) is 0 Å². The maximum absolute atomic E-state index is 10.9. The second-order valence-electron chi connectivity index (χ2n) is 2.93. The number of nitrogens with zero attached hydrogens (tertiary/aromatic N) is 1. The quantitative estimate of drug-likeness (QED) is 0.657. The summed E-state index contributed by atoms with van der Waals surface area (Å²) in [6.07, 6.45) is 0. The Morgan fingerprint density at radius 1 is 1.55 bits per heavy atom. The van der Waals surface area contributed by atoms with Crippen LogP contribution in [-0.4, -0.2) is 12.5 Å². The van der Waals surface area contributed by atoms with E-state index in [4.69, 9.17) is 5.26 Å². The molecule has 0 rings (SSSR count). The predicted octanol–water partition coefficient (Wildman–Crippen LogP) is 0.918. The number of hydrogen-bond donors (Lipinski definition) is 1. The fourth-order valence-electron chi connectivity index (χ4n) is 0.503. The molecule has 1 N–H and O–H groups in total. The summed E-state index contributed by atoms with van der Waals surface area (Å²) in [7, 11) is 0. The van der Waals surface area contributed by atoms with Gasteiger partial charge in [-0.15, -0.1) is 0 Å². The lowest BCUT2D eigenvalue weighted by Crippen LogP contribution is -2.31. The van der Waals surface area contributed by atoms with Crippen LogP contribution < -0.4 is 5.32 Å². The third-order valence-electron chi connectivity index (χ3n) is 1.33. The van der Waals surface area contributed by atoms with E-state index in [1.165, 1.54) is 0 Å². The van der Waals surface area contributed by atoms with E-state index in [0.29, 0.717) is 6.54 Å². The topological polar surface area (TPSA) is 52.9 Å². The Hall–Kier alpha value is -1.04. The van der Waals surface area contributed by atoms with Gasteiger partial charge in [0.2, 0.25) is 5.91 Å². The van der Waals surface area contributed by atoms with E-state index in [1.54, 1.807) is 6.92 Å². The molecule has 0 bridgehead atoms. The molecule has 0 aromatic rings.